The summed E-state index contributed by atoms with van der Waals surface area (Å²) in [5.74, 6) is 0.132. The van der Waals surface area contributed by atoms with Gasteiger partial charge in [-0.1, -0.05) is 6.07 Å². The van der Waals surface area contributed by atoms with Crippen LogP contribution in [0.3, 0.4) is 0 Å². The fraction of sp³-hybridized carbons (Fsp3) is 0.500. The summed E-state index contributed by atoms with van der Waals surface area (Å²) in [6.45, 7) is 2.14. The summed E-state index contributed by atoms with van der Waals surface area (Å²) >= 11 is 0. The average molecular weight is 275 g/mol. The molecule has 20 heavy (non-hydrogen) atoms. The first-order chi connectivity index (χ1) is 9.74. The smallest absolute Gasteiger partial charge is 0.410 e. The molecule has 0 bridgehead atoms. The zero-order valence-corrected chi connectivity index (χ0v) is 11.2. The van der Waals surface area contributed by atoms with Gasteiger partial charge in [0.1, 0.15) is 6.61 Å². The number of aromatic nitrogens is 1. The minimum absolute atomic E-state index is 0.0265. The fourth-order valence-electron chi connectivity index (χ4n) is 2.67. The van der Waals surface area contributed by atoms with Crippen LogP contribution in [0.4, 0.5) is 4.79 Å². The second-order valence-electron chi connectivity index (χ2n) is 5.13. The van der Waals surface area contributed by atoms with Crippen LogP contribution in [-0.4, -0.2) is 59.1 Å². The second kappa shape index (κ2) is 5.48. The third kappa shape index (κ3) is 2.59. The van der Waals surface area contributed by atoms with Crippen LogP contribution in [0.5, 0.6) is 0 Å². The first-order valence-electron chi connectivity index (χ1n) is 6.84. The van der Waals surface area contributed by atoms with Gasteiger partial charge in [0.2, 0.25) is 5.91 Å². The minimum Gasteiger partial charge on any atom is -0.447 e. The summed E-state index contributed by atoms with van der Waals surface area (Å²) in [7, 11) is 0. The molecular formula is C14H17N3O3. The van der Waals surface area contributed by atoms with Crippen LogP contribution in [0.25, 0.3) is 0 Å². The van der Waals surface area contributed by atoms with E-state index in [9.17, 15) is 9.59 Å². The zero-order chi connectivity index (χ0) is 13.9. The first-order valence-corrected chi connectivity index (χ1v) is 6.84. The Kier molecular flexibility index (Phi) is 3.54. The molecular weight excluding hydrogens is 258 g/mol. The molecule has 2 aliphatic heterocycles. The molecule has 2 fully saturated rings. The van der Waals surface area contributed by atoms with Gasteiger partial charge < -0.3 is 9.64 Å². The van der Waals surface area contributed by atoms with Crippen LogP contribution >= 0.6 is 0 Å². The number of fused-ring (bicyclic) bond motifs is 1. The van der Waals surface area contributed by atoms with Crippen molar-refractivity contribution in [1.82, 2.24) is 14.8 Å². The number of carbonyl (C=O) groups is 2. The summed E-state index contributed by atoms with van der Waals surface area (Å²) in [4.78, 5) is 31.2. The summed E-state index contributed by atoms with van der Waals surface area (Å²) in [6, 6.07) is 3.88. The summed E-state index contributed by atoms with van der Waals surface area (Å²) in [5.41, 5.74) is 1.07. The summed E-state index contributed by atoms with van der Waals surface area (Å²) in [6.07, 6.45) is 4.44. The fourth-order valence-corrected chi connectivity index (χ4v) is 2.67. The van der Waals surface area contributed by atoms with Crippen molar-refractivity contribution in [2.75, 3.05) is 26.2 Å². The molecule has 0 N–H and O–H groups in total. The van der Waals surface area contributed by atoms with Gasteiger partial charge in [0, 0.05) is 38.4 Å². The predicted molar refractivity (Wildman–Crippen MR) is 71.0 cm³/mol. The number of hydrogen-bond donors (Lipinski definition) is 0. The van der Waals surface area contributed by atoms with Crippen molar-refractivity contribution in [2.24, 2.45) is 0 Å². The molecule has 1 aromatic rings. The van der Waals surface area contributed by atoms with Crippen molar-refractivity contribution in [1.29, 1.82) is 0 Å². The lowest BCUT2D eigenvalue weighted by atomic mass is 10.1. The molecule has 106 valence electrons. The largest absolute Gasteiger partial charge is 0.447 e. The number of cyclic esters (lactones) is 1. The van der Waals surface area contributed by atoms with Gasteiger partial charge >= 0.3 is 6.09 Å². The van der Waals surface area contributed by atoms with Crippen LogP contribution in [0, 0.1) is 0 Å². The highest BCUT2D eigenvalue weighted by Gasteiger charge is 2.38. The topological polar surface area (TPSA) is 62.7 Å². The van der Waals surface area contributed by atoms with Crippen LogP contribution < -0.4 is 0 Å². The highest BCUT2D eigenvalue weighted by atomic mass is 16.6. The molecule has 0 aromatic carbocycles. The molecule has 0 spiro atoms. The SMILES string of the molecule is O=C(CCc1cccnc1)N1CCN2C(=O)OC[C@H]2C1. The monoisotopic (exact) mass is 275 g/mol. The molecule has 1 aromatic heterocycles. The molecule has 1 atom stereocenters. The minimum atomic E-state index is -0.252. The van der Waals surface area contributed by atoms with E-state index in [-0.39, 0.29) is 18.0 Å². The number of ether oxygens (including phenoxy) is 1. The Morgan fingerprint density at radius 2 is 2.35 bits per heavy atom. The van der Waals surface area contributed by atoms with Crippen molar-refractivity contribution >= 4 is 12.0 Å². The van der Waals surface area contributed by atoms with Gasteiger partial charge in [0.05, 0.1) is 6.04 Å². The average Bonchev–Trinajstić information content (AvgIpc) is 2.87. The second-order valence-corrected chi connectivity index (χ2v) is 5.13. The van der Waals surface area contributed by atoms with Crippen LogP contribution in [-0.2, 0) is 16.0 Å². The van der Waals surface area contributed by atoms with E-state index in [0.29, 0.717) is 39.1 Å². The summed E-state index contributed by atoms with van der Waals surface area (Å²) in [5, 5.41) is 0. The van der Waals surface area contributed by atoms with E-state index in [4.69, 9.17) is 4.74 Å². The number of aryl methyl sites for hydroxylation is 1. The normalized spacial score (nSPS) is 21.6. The van der Waals surface area contributed by atoms with Crippen molar-refractivity contribution in [3.05, 3.63) is 30.1 Å². The number of rotatable bonds is 3. The predicted octanol–water partition coefficient (Wildman–Crippen LogP) is 0.677. The van der Waals surface area contributed by atoms with Gasteiger partial charge in [0.15, 0.2) is 0 Å². The molecule has 3 rings (SSSR count). The highest BCUT2D eigenvalue weighted by molar-refractivity contribution is 5.77. The molecule has 0 saturated carbocycles. The Hall–Kier alpha value is -2.11. The van der Waals surface area contributed by atoms with E-state index in [1.807, 2.05) is 17.0 Å². The Balaban J connectivity index is 1.52. The lowest BCUT2D eigenvalue weighted by molar-refractivity contribution is -0.133. The van der Waals surface area contributed by atoms with Crippen LogP contribution in [0.1, 0.15) is 12.0 Å². The quantitative estimate of drug-likeness (QED) is 0.813. The molecule has 3 heterocycles. The molecule has 2 aliphatic rings. The van der Waals surface area contributed by atoms with Crippen molar-refractivity contribution < 1.29 is 14.3 Å². The number of pyridine rings is 1. The highest BCUT2D eigenvalue weighted by Crippen LogP contribution is 2.18. The number of carbonyl (C=O) groups excluding carboxylic acids is 2. The standard InChI is InChI=1S/C14H17N3O3/c18-13(4-3-11-2-1-5-15-8-11)16-6-7-17-12(9-16)10-20-14(17)19/h1-2,5,8,12H,3-4,6-7,9-10H2/t12-/m1/s1. The number of hydrogen-bond acceptors (Lipinski definition) is 4. The van der Waals surface area contributed by atoms with Gasteiger partial charge in [-0.15, -0.1) is 0 Å². The number of nitrogens with zero attached hydrogens (tertiary/aromatic N) is 3. The molecule has 2 amide bonds. The Labute approximate surface area is 117 Å². The van der Waals surface area contributed by atoms with E-state index in [2.05, 4.69) is 4.98 Å². The van der Waals surface area contributed by atoms with Crippen molar-refractivity contribution in [3.8, 4) is 0 Å². The third-order valence-corrected chi connectivity index (χ3v) is 3.82. The van der Waals surface area contributed by atoms with Gasteiger partial charge in [-0.3, -0.25) is 14.7 Å². The molecule has 2 saturated heterocycles. The maximum atomic E-state index is 12.2. The lowest BCUT2D eigenvalue weighted by Gasteiger charge is -2.35. The lowest BCUT2D eigenvalue weighted by Crippen LogP contribution is -2.53. The Bertz CT molecular complexity index is 506. The zero-order valence-electron chi connectivity index (χ0n) is 11.2. The van der Waals surface area contributed by atoms with Gasteiger partial charge in [-0.25, -0.2) is 4.79 Å². The van der Waals surface area contributed by atoms with Gasteiger partial charge in [-0.05, 0) is 18.1 Å². The van der Waals surface area contributed by atoms with E-state index in [0.717, 1.165) is 5.56 Å². The first kappa shape index (κ1) is 12.9. The van der Waals surface area contributed by atoms with Gasteiger partial charge in [-0.2, -0.15) is 0 Å². The van der Waals surface area contributed by atoms with E-state index in [1.165, 1.54) is 0 Å². The van der Waals surface area contributed by atoms with Crippen molar-refractivity contribution in [2.45, 2.75) is 18.9 Å². The molecule has 0 unspecified atom stereocenters. The Morgan fingerprint density at radius 1 is 1.45 bits per heavy atom. The summed E-state index contributed by atoms with van der Waals surface area (Å²) < 4.78 is 5.00. The van der Waals surface area contributed by atoms with Crippen LogP contribution in [0.15, 0.2) is 24.5 Å². The Morgan fingerprint density at radius 3 is 3.15 bits per heavy atom. The van der Waals surface area contributed by atoms with Crippen molar-refractivity contribution in [3.63, 3.8) is 0 Å². The van der Waals surface area contributed by atoms with E-state index >= 15 is 0 Å². The maximum absolute atomic E-state index is 12.2. The third-order valence-electron chi connectivity index (χ3n) is 3.82. The molecule has 0 radical (unpaired) electrons. The maximum Gasteiger partial charge on any atom is 0.410 e. The molecule has 0 aliphatic carbocycles. The number of piperazine rings is 1. The number of amides is 2. The van der Waals surface area contributed by atoms with E-state index in [1.54, 1.807) is 17.3 Å². The molecule has 6 nitrogen and oxygen atoms in total. The molecule has 6 heteroatoms. The van der Waals surface area contributed by atoms with Crippen LogP contribution in [0.2, 0.25) is 0 Å². The van der Waals surface area contributed by atoms with E-state index < -0.39 is 0 Å². The van der Waals surface area contributed by atoms with Gasteiger partial charge in [0.25, 0.3) is 0 Å².